The van der Waals surface area contributed by atoms with E-state index in [1.54, 1.807) is 4.90 Å². The van der Waals surface area contributed by atoms with Crippen LogP contribution in [-0.4, -0.2) is 37.7 Å². The zero-order valence-corrected chi connectivity index (χ0v) is 11.1. The zero-order valence-electron chi connectivity index (χ0n) is 11.1. The summed E-state index contributed by atoms with van der Waals surface area (Å²) in [5.74, 6) is 0.495. The van der Waals surface area contributed by atoms with Crippen molar-refractivity contribution in [2.24, 2.45) is 5.73 Å². The van der Waals surface area contributed by atoms with Crippen molar-refractivity contribution in [2.75, 3.05) is 26.2 Å². The van der Waals surface area contributed by atoms with Gasteiger partial charge < -0.3 is 25.1 Å². The molecule has 4 N–H and O–H groups in total. The normalized spacial score (nSPS) is 14.9. The maximum atomic E-state index is 9.77. The van der Waals surface area contributed by atoms with E-state index in [4.69, 9.17) is 15.2 Å². The van der Waals surface area contributed by atoms with Crippen molar-refractivity contribution >= 4 is 18.3 Å². The summed E-state index contributed by atoms with van der Waals surface area (Å²) in [5.41, 5.74) is 10.8. The van der Waals surface area contributed by atoms with Crippen LogP contribution in [0.3, 0.4) is 0 Å². The molecule has 2 rings (SSSR count). The molecule has 0 fully saturated rings. The van der Waals surface area contributed by atoms with Gasteiger partial charge in [0.1, 0.15) is 0 Å². The van der Waals surface area contributed by atoms with Crippen molar-refractivity contribution in [1.82, 2.24) is 4.90 Å². The van der Waals surface area contributed by atoms with Crippen molar-refractivity contribution in [3.63, 3.8) is 0 Å². The maximum absolute atomic E-state index is 9.77. The van der Waals surface area contributed by atoms with Gasteiger partial charge in [-0.2, -0.15) is 0 Å². The molecule has 0 bridgehead atoms. The van der Waals surface area contributed by atoms with Crippen LogP contribution in [0.1, 0.15) is 5.56 Å². The highest BCUT2D eigenvalue weighted by atomic mass is 16.7. The standard InChI is InChI=1S/C12H18BN3O3/c1-16(2)12(8-14)19-15-10-4-3-9-5-6-18-13(17)11(9)7-10/h3-4,7-8,15,17H,5-6,14H2,1-2H3/b12-8+. The molecule has 0 radical (unpaired) electrons. The smallest absolute Gasteiger partial charge is 0.423 e. The Labute approximate surface area is 112 Å². The number of benzene rings is 1. The Morgan fingerprint density at radius 1 is 1.58 bits per heavy atom. The molecule has 19 heavy (non-hydrogen) atoms. The van der Waals surface area contributed by atoms with Crippen LogP contribution in [0.25, 0.3) is 0 Å². The number of nitrogens with one attached hydrogen (secondary N) is 1. The molecule has 6 nitrogen and oxygen atoms in total. The van der Waals surface area contributed by atoms with Gasteiger partial charge >= 0.3 is 7.12 Å². The van der Waals surface area contributed by atoms with Crippen molar-refractivity contribution < 1.29 is 14.5 Å². The molecule has 1 aromatic carbocycles. The van der Waals surface area contributed by atoms with Crippen LogP contribution >= 0.6 is 0 Å². The Hall–Kier alpha value is -1.86. The average molecular weight is 263 g/mol. The molecule has 102 valence electrons. The number of hydrogen-bond donors (Lipinski definition) is 3. The molecule has 0 amide bonds. The molecule has 0 aliphatic carbocycles. The molecule has 0 aromatic heterocycles. The van der Waals surface area contributed by atoms with Gasteiger partial charge in [0.15, 0.2) is 0 Å². The maximum Gasteiger partial charge on any atom is 0.491 e. The second-order valence-electron chi connectivity index (χ2n) is 4.49. The summed E-state index contributed by atoms with van der Waals surface area (Å²) in [6.45, 7) is 0.540. The average Bonchev–Trinajstić information content (AvgIpc) is 2.40. The number of hydrogen-bond acceptors (Lipinski definition) is 6. The van der Waals surface area contributed by atoms with E-state index in [2.05, 4.69) is 5.48 Å². The summed E-state index contributed by atoms with van der Waals surface area (Å²) >= 11 is 0. The SMILES string of the molecule is CN(C)/C(=C\N)ONc1ccc2c(c1)B(O)OCC2. The van der Waals surface area contributed by atoms with E-state index >= 15 is 0 Å². The Morgan fingerprint density at radius 3 is 3.05 bits per heavy atom. The first-order valence-electron chi connectivity index (χ1n) is 6.06. The number of nitrogens with zero attached hydrogens (tertiary/aromatic N) is 1. The first-order valence-corrected chi connectivity index (χ1v) is 6.06. The lowest BCUT2D eigenvalue weighted by atomic mass is 9.73. The highest BCUT2D eigenvalue weighted by Crippen LogP contribution is 2.13. The van der Waals surface area contributed by atoms with E-state index in [-0.39, 0.29) is 0 Å². The van der Waals surface area contributed by atoms with Crippen LogP contribution in [0.15, 0.2) is 30.3 Å². The predicted molar refractivity (Wildman–Crippen MR) is 74.4 cm³/mol. The van der Waals surface area contributed by atoms with Gasteiger partial charge in [0, 0.05) is 20.7 Å². The molecule has 1 aliphatic heterocycles. The molecule has 0 saturated carbocycles. The van der Waals surface area contributed by atoms with Crippen molar-refractivity contribution in [2.45, 2.75) is 6.42 Å². The molecule has 0 unspecified atom stereocenters. The highest BCUT2D eigenvalue weighted by molar-refractivity contribution is 6.61. The Balaban J connectivity index is 2.08. The fraction of sp³-hybridized carbons (Fsp3) is 0.333. The third-order valence-electron chi connectivity index (χ3n) is 2.92. The summed E-state index contributed by atoms with van der Waals surface area (Å²) in [6, 6.07) is 5.65. The third kappa shape index (κ3) is 3.13. The minimum atomic E-state index is -0.871. The molecule has 1 aromatic rings. The van der Waals surface area contributed by atoms with Crippen molar-refractivity contribution in [3.05, 3.63) is 35.8 Å². The number of anilines is 1. The molecular formula is C12H18BN3O3. The van der Waals surface area contributed by atoms with E-state index in [1.807, 2.05) is 32.3 Å². The van der Waals surface area contributed by atoms with Gasteiger partial charge in [-0.05, 0) is 29.6 Å². The van der Waals surface area contributed by atoms with Gasteiger partial charge in [-0.3, -0.25) is 0 Å². The summed E-state index contributed by atoms with van der Waals surface area (Å²) in [4.78, 5) is 7.09. The van der Waals surface area contributed by atoms with E-state index in [9.17, 15) is 5.02 Å². The van der Waals surface area contributed by atoms with Crippen LogP contribution in [0.2, 0.25) is 0 Å². The predicted octanol–water partition coefficient (Wildman–Crippen LogP) is -0.391. The number of fused-ring (bicyclic) bond motifs is 1. The second kappa shape index (κ2) is 5.86. The van der Waals surface area contributed by atoms with Gasteiger partial charge in [0.25, 0.3) is 0 Å². The van der Waals surface area contributed by atoms with Crippen LogP contribution in [0.5, 0.6) is 0 Å². The summed E-state index contributed by atoms with van der Waals surface area (Å²) in [7, 11) is 2.78. The van der Waals surface area contributed by atoms with E-state index in [0.29, 0.717) is 12.5 Å². The molecule has 1 heterocycles. The first-order chi connectivity index (χ1) is 9.11. The molecule has 7 heteroatoms. The monoisotopic (exact) mass is 263 g/mol. The fourth-order valence-corrected chi connectivity index (χ4v) is 1.87. The Morgan fingerprint density at radius 2 is 2.37 bits per heavy atom. The van der Waals surface area contributed by atoms with Gasteiger partial charge in [-0.25, -0.2) is 5.48 Å². The summed E-state index contributed by atoms with van der Waals surface area (Å²) in [6.07, 6.45) is 2.17. The second-order valence-corrected chi connectivity index (χ2v) is 4.49. The lowest BCUT2D eigenvalue weighted by Crippen LogP contribution is -2.41. The van der Waals surface area contributed by atoms with Gasteiger partial charge in [-0.1, -0.05) is 6.07 Å². The Bertz CT molecular complexity index is 479. The molecule has 0 spiro atoms. The highest BCUT2D eigenvalue weighted by Gasteiger charge is 2.24. The largest absolute Gasteiger partial charge is 0.491 e. The third-order valence-corrected chi connectivity index (χ3v) is 2.92. The van der Waals surface area contributed by atoms with Crippen LogP contribution in [0, 0.1) is 0 Å². The quantitative estimate of drug-likeness (QED) is 0.390. The van der Waals surface area contributed by atoms with E-state index in [0.717, 1.165) is 23.1 Å². The minimum absolute atomic E-state index is 0.495. The number of rotatable bonds is 4. The molecule has 0 saturated heterocycles. The minimum Gasteiger partial charge on any atom is -0.423 e. The number of nitrogens with two attached hydrogens (primary N) is 1. The van der Waals surface area contributed by atoms with Crippen LogP contribution in [-0.2, 0) is 15.9 Å². The van der Waals surface area contributed by atoms with Crippen molar-refractivity contribution in [3.8, 4) is 0 Å². The molecule has 1 aliphatic rings. The van der Waals surface area contributed by atoms with Gasteiger partial charge in [0.05, 0.1) is 11.9 Å². The molecular weight excluding hydrogens is 245 g/mol. The zero-order chi connectivity index (χ0) is 13.8. The summed E-state index contributed by atoms with van der Waals surface area (Å²) in [5, 5.41) is 9.77. The summed E-state index contributed by atoms with van der Waals surface area (Å²) < 4.78 is 5.19. The van der Waals surface area contributed by atoms with Crippen LogP contribution in [0.4, 0.5) is 5.69 Å². The van der Waals surface area contributed by atoms with E-state index in [1.165, 1.54) is 6.20 Å². The van der Waals surface area contributed by atoms with Crippen molar-refractivity contribution in [1.29, 1.82) is 0 Å². The Kier molecular flexibility index (Phi) is 4.18. The molecule has 0 atom stereocenters. The van der Waals surface area contributed by atoms with Crippen LogP contribution < -0.4 is 16.7 Å². The fourth-order valence-electron chi connectivity index (χ4n) is 1.87. The van der Waals surface area contributed by atoms with Gasteiger partial charge in [-0.15, -0.1) is 0 Å². The topological polar surface area (TPSA) is 80.0 Å². The van der Waals surface area contributed by atoms with E-state index < -0.39 is 7.12 Å². The lowest BCUT2D eigenvalue weighted by Gasteiger charge is -2.21. The lowest BCUT2D eigenvalue weighted by molar-refractivity contribution is 0.189. The first kappa shape index (κ1) is 13.6. The van der Waals surface area contributed by atoms with Gasteiger partial charge in [0.2, 0.25) is 5.88 Å².